The molecular formula is C12H19ClN4O. The highest BCUT2D eigenvalue weighted by Crippen LogP contribution is 2.20. The van der Waals surface area contributed by atoms with Crippen molar-refractivity contribution >= 4 is 17.3 Å². The first-order valence-electron chi connectivity index (χ1n) is 6.37. The van der Waals surface area contributed by atoms with Crippen LogP contribution >= 0.6 is 11.6 Å². The third-order valence-electron chi connectivity index (χ3n) is 3.27. The van der Waals surface area contributed by atoms with Gasteiger partial charge in [-0.05, 0) is 33.2 Å². The number of aryl methyl sites for hydroxylation is 1. The van der Waals surface area contributed by atoms with Gasteiger partial charge >= 0.3 is 0 Å². The summed E-state index contributed by atoms with van der Waals surface area (Å²) in [6, 6.07) is 0.830. The first kappa shape index (κ1) is 13.4. The SMILES string of the molecule is CCn1ncc(NC2CCNC(C)C2)c(Cl)c1=O. The van der Waals surface area contributed by atoms with Crippen LogP contribution in [-0.2, 0) is 6.54 Å². The van der Waals surface area contributed by atoms with Crippen LogP contribution in [0.5, 0.6) is 0 Å². The second-order valence-electron chi connectivity index (χ2n) is 4.71. The molecule has 2 N–H and O–H groups in total. The van der Waals surface area contributed by atoms with Crippen molar-refractivity contribution < 1.29 is 0 Å². The van der Waals surface area contributed by atoms with Crippen LogP contribution < -0.4 is 16.2 Å². The summed E-state index contributed by atoms with van der Waals surface area (Å²) < 4.78 is 1.36. The molecule has 0 aliphatic carbocycles. The van der Waals surface area contributed by atoms with Crippen molar-refractivity contribution in [3.8, 4) is 0 Å². The zero-order chi connectivity index (χ0) is 13.1. The van der Waals surface area contributed by atoms with E-state index in [0.29, 0.717) is 24.3 Å². The standard InChI is InChI=1S/C12H19ClN4O/c1-3-17-12(18)11(13)10(7-15-17)16-9-4-5-14-8(2)6-9/h7-9,14,16H,3-6H2,1-2H3. The molecule has 0 amide bonds. The minimum Gasteiger partial charge on any atom is -0.380 e. The monoisotopic (exact) mass is 270 g/mol. The van der Waals surface area contributed by atoms with Crippen LogP contribution in [-0.4, -0.2) is 28.4 Å². The Bertz CT molecular complexity index is 474. The fourth-order valence-electron chi connectivity index (χ4n) is 2.27. The molecule has 2 atom stereocenters. The summed E-state index contributed by atoms with van der Waals surface area (Å²) in [5.41, 5.74) is 0.414. The Kier molecular flexibility index (Phi) is 4.24. The molecule has 0 bridgehead atoms. The number of anilines is 1. The van der Waals surface area contributed by atoms with Gasteiger partial charge in [0.15, 0.2) is 0 Å². The van der Waals surface area contributed by atoms with E-state index >= 15 is 0 Å². The Balaban J connectivity index is 2.14. The molecule has 0 spiro atoms. The van der Waals surface area contributed by atoms with E-state index in [2.05, 4.69) is 22.7 Å². The lowest BCUT2D eigenvalue weighted by Crippen LogP contribution is -2.41. The van der Waals surface area contributed by atoms with Gasteiger partial charge in [-0.2, -0.15) is 5.10 Å². The number of hydrogen-bond acceptors (Lipinski definition) is 4. The Labute approximate surface area is 112 Å². The average molecular weight is 271 g/mol. The molecule has 0 saturated carbocycles. The van der Waals surface area contributed by atoms with Crippen molar-refractivity contribution in [3.63, 3.8) is 0 Å². The lowest BCUT2D eigenvalue weighted by Gasteiger charge is -2.29. The van der Waals surface area contributed by atoms with E-state index in [1.807, 2.05) is 6.92 Å². The van der Waals surface area contributed by atoms with Gasteiger partial charge in [0, 0.05) is 18.6 Å². The van der Waals surface area contributed by atoms with E-state index in [1.54, 1.807) is 6.20 Å². The number of nitrogens with zero attached hydrogens (tertiary/aromatic N) is 2. The van der Waals surface area contributed by atoms with E-state index in [-0.39, 0.29) is 10.6 Å². The van der Waals surface area contributed by atoms with Gasteiger partial charge in [-0.3, -0.25) is 4.79 Å². The highest BCUT2D eigenvalue weighted by atomic mass is 35.5. The molecule has 1 aromatic rings. The molecule has 100 valence electrons. The first-order valence-corrected chi connectivity index (χ1v) is 6.75. The summed E-state index contributed by atoms with van der Waals surface area (Å²) in [4.78, 5) is 11.8. The van der Waals surface area contributed by atoms with Gasteiger partial charge in [-0.25, -0.2) is 4.68 Å². The number of rotatable bonds is 3. The molecule has 2 unspecified atom stereocenters. The van der Waals surface area contributed by atoms with Crippen molar-refractivity contribution in [2.75, 3.05) is 11.9 Å². The molecular weight excluding hydrogens is 252 g/mol. The van der Waals surface area contributed by atoms with Gasteiger partial charge < -0.3 is 10.6 Å². The lowest BCUT2D eigenvalue weighted by molar-refractivity contribution is 0.396. The van der Waals surface area contributed by atoms with Crippen molar-refractivity contribution in [2.24, 2.45) is 0 Å². The maximum Gasteiger partial charge on any atom is 0.287 e. The zero-order valence-electron chi connectivity index (χ0n) is 10.7. The third kappa shape index (κ3) is 2.84. The summed E-state index contributed by atoms with van der Waals surface area (Å²) in [5, 5.41) is 11.0. The van der Waals surface area contributed by atoms with Crippen LogP contribution in [0.3, 0.4) is 0 Å². The lowest BCUT2D eigenvalue weighted by atomic mass is 10.0. The molecule has 1 fully saturated rings. The van der Waals surface area contributed by atoms with E-state index < -0.39 is 0 Å². The largest absolute Gasteiger partial charge is 0.380 e. The fourth-order valence-corrected chi connectivity index (χ4v) is 2.47. The molecule has 0 radical (unpaired) electrons. The molecule has 0 aromatic carbocycles. The third-order valence-corrected chi connectivity index (χ3v) is 3.63. The Hall–Kier alpha value is -1.07. The van der Waals surface area contributed by atoms with Gasteiger partial charge in [-0.1, -0.05) is 11.6 Å². The second kappa shape index (κ2) is 5.71. The maximum absolute atomic E-state index is 11.8. The minimum atomic E-state index is -0.230. The topological polar surface area (TPSA) is 59.0 Å². The summed E-state index contributed by atoms with van der Waals surface area (Å²) in [7, 11) is 0. The van der Waals surface area contributed by atoms with Gasteiger partial charge in [0.25, 0.3) is 5.56 Å². The molecule has 1 aliphatic rings. The Morgan fingerprint density at radius 1 is 1.67 bits per heavy atom. The zero-order valence-corrected chi connectivity index (χ0v) is 11.5. The van der Waals surface area contributed by atoms with E-state index in [4.69, 9.17) is 11.6 Å². The van der Waals surface area contributed by atoms with Crippen molar-refractivity contribution in [1.82, 2.24) is 15.1 Å². The van der Waals surface area contributed by atoms with Gasteiger partial charge in [-0.15, -0.1) is 0 Å². The van der Waals surface area contributed by atoms with Crippen LogP contribution in [0.2, 0.25) is 5.02 Å². The van der Waals surface area contributed by atoms with Crippen LogP contribution in [0, 0.1) is 0 Å². The van der Waals surface area contributed by atoms with Gasteiger partial charge in [0.2, 0.25) is 0 Å². The predicted octanol–water partition coefficient (Wildman–Crippen LogP) is 1.47. The normalized spacial score (nSPS) is 23.9. The molecule has 1 aromatic heterocycles. The highest BCUT2D eigenvalue weighted by Gasteiger charge is 2.19. The summed E-state index contributed by atoms with van der Waals surface area (Å²) in [6.45, 7) is 5.54. The molecule has 6 heteroatoms. The number of piperidine rings is 1. The van der Waals surface area contributed by atoms with E-state index in [0.717, 1.165) is 19.4 Å². The highest BCUT2D eigenvalue weighted by molar-refractivity contribution is 6.32. The van der Waals surface area contributed by atoms with Crippen molar-refractivity contribution in [2.45, 2.75) is 45.3 Å². The second-order valence-corrected chi connectivity index (χ2v) is 5.09. The van der Waals surface area contributed by atoms with Crippen LogP contribution in [0.4, 0.5) is 5.69 Å². The van der Waals surface area contributed by atoms with Crippen LogP contribution in [0.1, 0.15) is 26.7 Å². The summed E-state index contributed by atoms with van der Waals surface area (Å²) in [5.74, 6) is 0. The Morgan fingerprint density at radius 2 is 2.44 bits per heavy atom. The predicted molar refractivity (Wildman–Crippen MR) is 73.3 cm³/mol. The number of aromatic nitrogens is 2. The first-order chi connectivity index (χ1) is 8.61. The average Bonchev–Trinajstić information content (AvgIpc) is 2.35. The van der Waals surface area contributed by atoms with E-state index in [9.17, 15) is 4.79 Å². The summed E-state index contributed by atoms with van der Waals surface area (Å²) in [6.07, 6.45) is 3.69. The minimum absolute atomic E-state index is 0.230. The number of hydrogen-bond donors (Lipinski definition) is 2. The maximum atomic E-state index is 11.8. The summed E-state index contributed by atoms with van der Waals surface area (Å²) >= 11 is 6.08. The van der Waals surface area contributed by atoms with Crippen LogP contribution in [0.15, 0.2) is 11.0 Å². The van der Waals surface area contributed by atoms with Crippen LogP contribution in [0.25, 0.3) is 0 Å². The quantitative estimate of drug-likeness (QED) is 0.873. The molecule has 2 heterocycles. The fraction of sp³-hybridized carbons (Fsp3) is 0.667. The van der Waals surface area contributed by atoms with Crippen molar-refractivity contribution in [1.29, 1.82) is 0 Å². The molecule has 1 saturated heterocycles. The Morgan fingerprint density at radius 3 is 3.11 bits per heavy atom. The smallest absolute Gasteiger partial charge is 0.287 e. The molecule has 2 rings (SSSR count). The number of halogens is 1. The van der Waals surface area contributed by atoms with Gasteiger partial charge in [0.1, 0.15) is 5.02 Å². The van der Waals surface area contributed by atoms with Gasteiger partial charge in [0.05, 0.1) is 11.9 Å². The molecule has 5 nitrogen and oxygen atoms in total. The van der Waals surface area contributed by atoms with Crippen molar-refractivity contribution in [3.05, 3.63) is 21.6 Å². The molecule has 1 aliphatic heterocycles. The molecule has 18 heavy (non-hydrogen) atoms. The van der Waals surface area contributed by atoms with E-state index in [1.165, 1.54) is 4.68 Å². The number of nitrogens with one attached hydrogen (secondary N) is 2.